The van der Waals surface area contributed by atoms with Gasteiger partial charge in [-0.2, -0.15) is 0 Å². The number of carbonyl (C=O) groups is 3. The van der Waals surface area contributed by atoms with Gasteiger partial charge in [-0.1, -0.05) is 48.5 Å². The highest BCUT2D eigenvalue weighted by Gasteiger charge is 2.37. The average Bonchev–Trinajstić information content (AvgIpc) is 2.71. The van der Waals surface area contributed by atoms with Gasteiger partial charge in [-0.25, -0.2) is 9.69 Å². The van der Waals surface area contributed by atoms with Crippen molar-refractivity contribution in [2.75, 3.05) is 12.0 Å². The number of urea groups is 1. The molecule has 6 nitrogen and oxygen atoms in total. The van der Waals surface area contributed by atoms with Crippen LogP contribution < -0.4 is 15.0 Å². The van der Waals surface area contributed by atoms with Gasteiger partial charge in [0.2, 0.25) is 0 Å². The largest absolute Gasteiger partial charge is 0.497 e. The van der Waals surface area contributed by atoms with Crippen LogP contribution in [-0.4, -0.2) is 25.0 Å². The maximum Gasteiger partial charge on any atom is 0.335 e. The van der Waals surface area contributed by atoms with Crippen LogP contribution in [0.3, 0.4) is 0 Å². The van der Waals surface area contributed by atoms with Crippen molar-refractivity contribution in [1.29, 1.82) is 0 Å². The van der Waals surface area contributed by atoms with Gasteiger partial charge < -0.3 is 4.74 Å². The first-order valence-corrected chi connectivity index (χ1v) is 8.62. The minimum absolute atomic E-state index is 0.112. The summed E-state index contributed by atoms with van der Waals surface area (Å²) < 4.78 is 5.16. The molecule has 1 saturated heterocycles. The third kappa shape index (κ3) is 3.01. The smallest absolute Gasteiger partial charge is 0.335 e. The predicted octanol–water partition coefficient (Wildman–Crippen LogP) is 3.51. The second-order valence-electron chi connectivity index (χ2n) is 6.23. The molecule has 0 bridgehead atoms. The zero-order valence-electron chi connectivity index (χ0n) is 15.0. The number of ether oxygens (including phenoxy) is 1. The summed E-state index contributed by atoms with van der Waals surface area (Å²) in [6.07, 6.45) is 1.51. The van der Waals surface area contributed by atoms with E-state index in [1.54, 1.807) is 24.3 Å². The van der Waals surface area contributed by atoms with Gasteiger partial charge in [-0.15, -0.1) is 0 Å². The second kappa shape index (κ2) is 7.00. The Morgan fingerprint density at radius 2 is 1.68 bits per heavy atom. The number of carbonyl (C=O) groups excluding carboxylic acids is 3. The molecule has 0 saturated carbocycles. The molecule has 1 heterocycles. The summed E-state index contributed by atoms with van der Waals surface area (Å²) in [5.74, 6) is -0.911. The number of methoxy groups -OCH3 is 1. The third-order valence-electron chi connectivity index (χ3n) is 4.54. The van der Waals surface area contributed by atoms with Crippen molar-refractivity contribution in [2.24, 2.45) is 0 Å². The number of nitrogens with zero attached hydrogens (tertiary/aromatic N) is 1. The summed E-state index contributed by atoms with van der Waals surface area (Å²) in [7, 11) is 1.49. The van der Waals surface area contributed by atoms with Crippen LogP contribution in [-0.2, 0) is 9.59 Å². The fourth-order valence-corrected chi connectivity index (χ4v) is 3.17. The van der Waals surface area contributed by atoms with Crippen molar-refractivity contribution in [3.8, 4) is 5.75 Å². The third-order valence-corrected chi connectivity index (χ3v) is 4.54. The molecule has 0 radical (unpaired) electrons. The van der Waals surface area contributed by atoms with E-state index in [-0.39, 0.29) is 5.57 Å². The van der Waals surface area contributed by atoms with E-state index >= 15 is 0 Å². The van der Waals surface area contributed by atoms with E-state index in [2.05, 4.69) is 5.32 Å². The summed E-state index contributed by atoms with van der Waals surface area (Å²) in [5, 5.41) is 4.13. The molecule has 4 rings (SSSR count). The Hall–Kier alpha value is -3.93. The van der Waals surface area contributed by atoms with Crippen molar-refractivity contribution in [3.05, 3.63) is 77.9 Å². The molecule has 28 heavy (non-hydrogen) atoms. The monoisotopic (exact) mass is 372 g/mol. The lowest BCUT2D eigenvalue weighted by atomic mass is 10.0. The van der Waals surface area contributed by atoms with E-state index in [9.17, 15) is 14.4 Å². The number of rotatable bonds is 3. The lowest BCUT2D eigenvalue weighted by molar-refractivity contribution is -0.122. The number of hydrogen-bond donors (Lipinski definition) is 1. The molecule has 1 aliphatic rings. The van der Waals surface area contributed by atoms with Crippen LogP contribution in [0.2, 0.25) is 0 Å². The topological polar surface area (TPSA) is 75.7 Å². The summed E-state index contributed by atoms with van der Waals surface area (Å²) in [4.78, 5) is 38.7. The lowest BCUT2D eigenvalue weighted by Gasteiger charge is -2.26. The minimum atomic E-state index is -0.793. The fourth-order valence-electron chi connectivity index (χ4n) is 3.17. The van der Waals surface area contributed by atoms with Gasteiger partial charge in [-0.3, -0.25) is 14.9 Å². The van der Waals surface area contributed by atoms with Crippen LogP contribution in [0.15, 0.2) is 72.3 Å². The van der Waals surface area contributed by atoms with Crippen molar-refractivity contribution in [2.45, 2.75) is 0 Å². The first-order chi connectivity index (χ1) is 13.6. The molecule has 0 aromatic heterocycles. The first-order valence-electron chi connectivity index (χ1n) is 8.62. The molecule has 0 spiro atoms. The summed E-state index contributed by atoms with van der Waals surface area (Å²) in [5.41, 5.74) is 0.925. The predicted molar refractivity (Wildman–Crippen MR) is 106 cm³/mol. The molecule has 3 aromatic carbocycles. The molecule has 6 heteroatoms. The number of anilines is 1. The number of amides is 4. The van der Waals surface area contributed by atoms with E-state index in [1.165, 1.54) is 13.2 Å². The van der Waals surface area contributed by atoms with Crippen LogP contribution in [0.25, 0.3) is 16.8 Å². The average molecular weight is 372 g/mol. The molecule has 0 aliphatic carbocycles. The number of nitrogens with one attached hydrogen (secondary N) is 1. The minimum Gasteiger partial charge on any atom is -0.497 e. The van der Waals surface area contributed by atoms with E-state index in [4.69, 9.17) is 4.74 Å². The van der Waals surface area contributed by atoms with Crippen molar-refractivity contribution < 1.29 is 19.1 Å². The maximum absolute atomic E-state index is 13.0. The quantitative estimate of drug-likeness (QED) is 0.564. The van der Waals surface area contributed by atoms with Gasteiger partial charge in [0.15, 0.2) is 0 Å². The molecule has 1 aliphatic heterocycles. The van der Waals surface area contributed by atoms with Crippen LogP contribution in [0.5, 0.6) is 5.75 Å². The van der Waals surface area contributed by atoms with Crippen molar-refractivity contribution in [1.82, 2.24) is 5.32 Å². The van der Waals surface area contributed by atoms with E-state index < -0.39 is 17.8 Å². The maximum atomic E-state index is 13.0. The molecule has 0 atom stereocenters. The first kappa shape index (κ1) is 17.5. The lowest BCUT2D eigenvalue weighted by Crippen LogP contribution is -2.54. The van der Waals surface area contributed by atoms with Crippen LogP contribution in [0, 0.1) is 0 Å². The Morgan fingerprint density at radius 1 is 0.929 bits per heavy atom. The van der Waals surface area contributed by atoms with E-state index in [1.807, 2.05) is 42.5 Å². The van der Waals surface area contributed by atoms with Gasteiger partial charge in [-0.05, 0) is 34.5 Å². The number of fused-ring (bicyclic) bond motifs is 1. The molecular weight excluding hydrogens is 356 g/mol. The Balaban J connectivity index is 1.80. The molecule has 138 valence electrons. The highest BCUT2D eigenvalue weighted by atomic mass is 16.5. The van der Waals surface area contributed by atoms with Crippen molar-refractivity contribution in [3.63, 3.8) is 0 Å². The van der Waals surface area contributed by atoms with E-state index in [0.717, 1.165) is 21.2 Å². The highest BCUT2D eigenvalue weighted by Crippen LogP contribution is 2.27. The Morgan fingerprint density at radius 3 is 2.50 bits per heavy atom. The molecule has 0 unspecified atom stereocenters. The zero-order chi connectivity index (χ0) is 19.7. The van der Waals surface area contributed by atoms with Crippen molar-refractivity contribution >= 4 is 40.4 Å². The van der Waals surface area contributed by atoms with Crippen LogP contribution in [0.4, 0.5) is 10.5 Å². The molecular formula is C22H16N2O4. The van der Waals surface area contributed by atoms with Gasteiger partial charge in [0, 0.05) is 6.07 Å². The number of imide groups is 2. The SMILES string of the molecule is COc1cccc(N2C(=O)NC(=O)/C(=C/c3cccc4ccccc34)C2=O)c1. The summed E-state index contributed by atoms with van der Waals surface area (Å²) in [6, 6.07) is 19.0. The Kier molecular flexibility index (Phi) is 4.37. The standard InChI is InChI=1S/C22H16N2O4/c1-28-17-10-5-9-16(13-17)24-21(26)19(20(25)23-22(24)27)12-15-8-4-7-14-6-2-3-11-18(14)15/h2-13H,1H3,(H,23,25,27)/b19-12-. The zero-order valence-corrected chi connectivity index (χ0v) is 15.0. The Bertz CT molecular complexity index is 1140. The van der Waals surface area contributed by atoms with Gasteiger partial charge in [0.1, 0.15) is 11.3 Å². The van der Waals surface area contributed by atoms with Crippen LogP contribution >= 0.6 is 0 Å². The molecule has 1 N–H and O–H groups in total. The molecule has 1 fully saturated rings. The Labute approximate surface area is 161 Å². The van der Waals surface area contributed by atoms with Gasteiger partial charge in [0.05, 0.1) is 12.8 Å². The van der Waals surface area contributed by atoms with Gasteiger partial charge >= 0.3 is 6.03 Å². The second-order valence-corrected chi connectivity index (χ2v) is 6.23. The fraction of sp³-hybridized carbons (Fsp3) is 0.0455. The number of hydrogen-bond acceptors (Lipinski definition) is 4. The van der Waals surface area contributed by atoms with Gasteiger partial charge in [0.25, 0.3) is 11.8 Å². The highest BCUT2D eigenvalue weighted by molar-refractivity contribution is 6.39. The molecule has 4 amide bonds. The van der Waals surface area contributed by atoms with Crippen LogP contribution in [0.1, 0.15) is 5.56 Å². The van der Waals surface area contributed by atoms with E-state index in [0.29, 0.717) is 11.4 Å². The summed E-state index contributed by atoms with van der Waals surface area (Å²) >= 11 is 0. The number of benzene rings is 3. The molecule has 3 aromatic rings. The normalized spacial score (nSPS) is 15.8. The number of barbiturate groups is 1. The summed E-state index contributed by atoms with van der Waals surface area (Å²) in [6.45, 7) is 0.